The molecule has 0 bridgehead atoms. The fraction of sp³-hybridized carbons (Fsp3) is 0.500. The van der Waals surface area contributed by atoms with Crippen LogP contribution in [0.15, 0.2) is 22.6 Å². The SMILES string of the molecule is CC(O)C1CCN(Cc2nc3cc(N)ccc3o2)C1. The van der Waals surface area contributed by atoms with Crippen LogP contribution in [-0.4, -0.2) is 34.2 Å². The van der Waals surface area contributed by atoms with Gasteiger partial charge in [-0.1, -0.05) is 0 Å². The molecule has 0 spiro atoms. The maximum atomic E-state index is 9.60. The van der Waals surface area contributed by atoms with E-state index in [9.17, 15) is 5.11 Å². The normalized spacial score (nSPS) is 22.1. The molecule has 0 aliphatic carbocycles. The summed E-state index contributed by atoms with van der Waals surface area (Å²) < 4.78 is 5.71. The molecule has 2 heterocycles. The van der Waals surface area contributed by atoms with Crippen molar-refractivity contribution in [3.8, 4) is 0 Å². The molecular weight excluding hydrogens is 242 g/mol. The fourth-order valence-corrected chi connectivity index (χ4v) is 2.65. The predicted molar refractivity (Wildman–Crippen MR) is 73.5 cm³/mol. The molecule has 3 N–H and O–H groups in total. The molecule has 2 atom stereocenters. The maximum Gasteiger partial charge on any atom is 0.209 e. The molecule has 3 rings (SSSR count). The third-order valence-electron chi connectivity index (χ3n) is 3.81. The first-order valence-corrected chi connectivity index (χ1v) is 6.67. The summed E-state index contributed by atoms with van der Waals surface area (Å²) in [6.07, 6.45) is 0.790. The molecule has 5 heteroatoms. The van der Waals surface area contributed by atoms with Crippen LogP contribution in [0.25, 0.3) is 11.1 Å². The maximum absolute atomic E-state index is 9.60. The Morgan fingerprint density at radius 3 is 3.16 bits per heavy atom. The van der Waals surface area contributed by atoms with E-state index < -0.39 is 0 Å². The lowest BCUT2D eigenvalue weighted by molar-refractivity contribution is 0.126. The standard InChI is InChI=1S/C14H19N3O2/c1-9(18)10-4-5-17(7-10)8-14-16-12-6-11(15)2-3-13(12)19-14/h2-3,6,9-10,18H,4-5,7-8,15H2,1H3. The van der Waals surface area contributed by atoms with Gasteiger partial charge in [0.15, 0.2) is 5.58 Å². The number of hydrogen-bond acceptors (Lipinski definition) is 5. The number of benzene rings is 1. The Labute approximate surface area is 112 Å². The number of aliphatic hydroxyl groups is 1. The Bertz CT molecular complexity index is 579. The third-order valence-corrected chi connectivity index (χ3v) is 3.81. The Morgan fingerprint density at radius 1 is 1.58 bits per heavy atom. The van der Waals surface area contributed by atoms with Crippen LogP contribution in [0.5, 0.6) is 0 Å². The van der Waals surface area contributed by atoms with E-state index in [1.807, 2.05) is 25.1 Å². The second-order valence-electron chi connectivity index (χ2n) is 5.36. The highest BCUT2D eigenvalue weighted by molar-refractivity contribution is 5.76. The van der Waals surface area contributed by atoms with Crippen LogP contribution >= 0.6 is 0 Å². The summed E-state index contributed by atoms with van der Waals surface area (Å²) in [7, 11) is 0. The van der Waals surface area contributed by atoms with Crippen molar-refractivity contribution in [1.82, 2.24) is 9.88 Å². The quantitative estimate of drug-likeness (QED) is 0.821. The second-order valence-corrected chi connectivity index (χ2v) is 5.36. The summed E-state index contributed by atoms with van der Waals surface area (Å²) in [6.45, 7) is 4.43. The number of aliphatic hydroxyl groups excluding tert-OH is 1. The highest BCUT2D eigenvalue weighted by Crippen LogP contribution is 2.23. The molecule has 1 saturated heterocycles. The van der Waals surface area contributed by atoms with Crippen LogP contribution in [0.1, 0.15) is 19.2 Å². The minimum Gasteiger partial charge on any atom is -0.439 e. The second kappa shape index (κ2) is 4.83. The van der Waals surface area contributed by atoms with E-state index in [0.29, 0.717) is 24.0 Å². The van der Waals surface area contributed by atoms with Gasteiger partial charge in [-0.3, -0.25) is 4.90 Å². The topological polar surface area (TPSA) is 75.5 Å². The number of nitrogens with zero attached hydrogens (tertiary/aromatic N) is 2. The molecule has 1 aliphatic rings. The predicted octanol–water partition coefficient (Wildman–Crippen LogP) is 1.61. The third kappa shape index (κ3) is 2.57. The molecule has 1 aliphatic heterocycles. The number of fused-ring (bicyclic) bond motifs is 1. The van der Waals surface area contributed by atoms with Gasteiger partial charge >= 0.3 is 0 Å². The molecule has 0 radical (unpaired) electrons. The van der Waals surface area contributed by atoms with Crippen LogP contribution in [0.2, 0.25) is 0 Å². The zero-order valence-corrected chi connectivity index (χ0v) is 11.0. The smallest absolute Gasteiger partial charge is 0.209 e. The van der Waals surface area contributed by atoms with E-state index >= 15 is 0 Å². The molecule has 0 saturated carbocycles. The van der Waals surface area contributed by atoms with Crippen molar-refractivity contribution in [2.45, 2.75) is 26.0 Å². The molecule has 1 aromatic heterocycles. The van der Waals surface area contributed by atoms with E-state index in [1.54, 1.807) is 0 Å². The van der Waals surface area contributed by atoms with Gasteiger partial charge in [-0.15, -0.1) is 0 Å². The van der Waals surface area contributed by atoms with Crippen LogP contribution in [0, 0.1) is 5.92 Å². The van der Waals surface area contributed by atoms with E-state index in [2.05, 4.69) is 9.88 Å². The first-order chi connectivity index (χ1) is 9.11. The Morgan fingerprint density at radius 2 is 2.42 bits per heavy atom. The average Bonchev–Trinajstić information content (AvgIpc) is 2.95. The summed E-state index contributed by atoms with van der Waals surface area (Å²) in [5.41, 5.74) is 8.01. The molecule has 5 nitrogen and oxygen atoms in total. The van der Waals surface area contributed by atoms with Gasteiger partial charge < -0.3 is 15.3 Å². The van der Waals surface area contributed by atoms with Crippen molar-refractivity contribution in [1.29, 1.82) is 0 Å². The lowest BCUT2D eigenvalue weighted by Gasteiger charge is -2.15. The van der Waals surface area contributed by atoms with Crippen LogP contribution in [-0.2, 0) is 6.54 Å². The largest absolute Gasteiger partial charge is 0.439 e. The molecule has 2 aromatic rings. The molecule has 1 fully saturated rings. The number of nitrogens with two attached hydrogens (primary N) is 1. The van der Waals surface area contributed by atoms with E-state index in [4.69, 9.17) is 10.2 Å². The number of anilines is 1. The molecule has 102 valence electrons. The average molecular weight is 261 g/mol. The zero-order chi connectivity index (χ0) is 13.4. The lowest BCUT2D eigenvalue weighted by Crippen LogP contribution is -2.24. The monoisotopic (exact) mass is 261 g/mol. The molecule has 2 unspecified atom stereocenters. The van der Waals surface area contributed by atoms with Crippen molar-refractivity contribution in [2.24, 2.45) is 5.92 Å². The molecular formula is C14H19N3O2. The van der Waals surface area contributed by atoms with Gasteiger partial charge in [0.25, 0.3) is 0 Å². The van der Waals surface area contributed by atoms with Crippen molar-refractivity contribution in [3.63, 3.8) is 0 Å². The summed E-state index contributed by atoms with van der Waals surface area (Å²) in [5.74, 6) is 1.08. The summed E-state index contributed by atoms with van der Waals surface area (Å²) in [6, 6.07) is 5.49. The summed E-state index contributed by atoms with van der Waals surface area (Å²) in [4.78, 5) is 6.73. The number of oxazole rings is 1. The minimum absolute atomic E-state index is 0.242. The van der Waals surface area contributed by atoms with Gasteiger partial charge in [0, 0.05) is 12.2 Å². The summed E-state index contributed by atoms with van der Waals surface area (Å²) in [5, 5.41) is 9.60. The fourth-order valence-electron chi connectivity index (χ4n) is 2.65. The van der Waals surface area contributed by atoms with Crippen molar-refractivity contribution >= 4 is 16.8 Å². The first kappa shape index (κ1) is 12.4. The number of nitrogen functional groups attached to an aromatic ring is 1. The Hall–Kier alpha value is -1.59. The molecule has 19 heavy (non-hydrogen) atoms. The van der Waals surface area contributed by atoms with Gasteiger partial charge in [-0.2, -0.15) is 0 Å². The number of aromatic nitrogens is 1. The van der Waals surface area contributed by atoms with Crippen LogP contribution in [0.3, 0.4) is 0 Å². The van der Waals surface area contributed by atoms with Crippen LogP contribution < -0.4 is 5.73 Å². The molecule has 0 amide bonds. The van der Waals surface area contributed by atoms with E-state index in [1.165, 1.54) is 0 Å². The van der Waals surface area contributed by atoms with Crippen molar-refractivity contribution in [3.05, 3.63) is 24.1 Å². The summed E-state index contributed by atoms with van der Waals surface area (Å²) >= 11 is 0. The lowest BCUT2D eigenvalue weighted by atomic mass is 10.0. The van der Waals surface area contributed by atoms with E-state index in [-0.39, 0.29) is 6.10 Å². The van der Waals surface area contributed by atoms with Crippen LogP contribution in [0.4, 0.5) is 5.69 Å². The minimum atomic E-state index is -0.242. The number of hydrogen-bond donors (Lipinski definition) is 2. The van der Waals surface area contributed by atoms with Gasteiger partial charge in [-0.25, -0.2) is 4.98 Å². The van der Waals surface area contributed by atoms with Crippen molar-refractivity contribution in [2.75, 3.05) is 18.8 Å². The van der Waals surface area contributed by atoms with Gasteiger partial charge in [0.1, 0.15) is 5.52 Å². The Kier molecular flexibility index (Phi) is 3.16. The highest BCUT2D eigenvalue weighted by Gasteiger charge is 2.26. The van der Waals surface area contributed by atoms with E-state index in [0.717, 1.165) is 30.6 Å². The first-order valence-electron chi connectivity index (χ1n) is 6.67. The van der Waals surface area contributed by atoms with Crippen molar-refractivity contribution < 1.29 is 9.52 Å². The van der Waals surface area contributed by atoms with Gasteiger partial charge in [0.2, 0.25) is 5.89 Å². The zero-order valence-electron chi connectivity index (χ0n) is 11.0. The van der Waals surface area contributed by atoms with Gasteiger partial charge in [-0.05, 0) is 44.0 Å². The molecule has 1 aromatic carbocycles. The highest BCUT2D eigenvalue weighted by atomic mass is 16.3. The Balaban J connectivity index is 1.72. The number of likely N-dealkylation sites (tertiary alicyclic amines) is 1. The number of rotatable bonds is 3. The van der Waals surface area contributed by atoms with Gasteiger partial charge in [0.05, 0.1) is 12.6 Å².